The fraction of sp³-hybridized carbons (Fsp3) is 0.350. The molecule has 2 atom stereocenters. The van der Waals surface area contributed by atoms with Crippen molar-refractivity contribution in [2.24, 2.45) is 0 Å². The number of carbonyl (C=O) groups excluding carboxylic acids is 1. The first-order valence-electron chi connectivity index (χ1n) is 9.65. The van der Waals surface area contributed by atoms with Crippen LogP contribution < -0.4 is 10.9 Å². The van der Waals surface area contributed by atoms with Crippen molar-refractivity contribution in [1.82, 2.24) is 20.1 Å². The molecular formula is C20H22Br2N4O3S. The van der Waals surface area contributed by atoms with Crippen LogP contribution in [0.2, 0.25) is 0 Å². The molecule has 2 aliphatic rings. The third-order valence-electron chi connectivity index (χ3n) is 5.48. The van der Waals surface area contributed by atoms with E-state index in [1.165, 1.54) is 4.31 Å². The first-order chi connectivity index (χ1) is 14.3. The summed E-state index contributed by atoms with van der Waals surface area (Å²) in [6, 6.07) is 14.4. The fourth-order valence-corrected chi connectivity index (χ4v) is 5.71. The maximum absolute atomic E-state index is 12.9. The van der Waals surface area contributed by atoms with Gasteiger partial charge in [0.1, 0.15) is 6.04 Å². The SMILES string of the molecule is O=C(C1CC(c2ccc(Br)cc2)NN1)N1CCN(S(=O)(=O)c2ccc(Br)cc2)CC1. The van der Waals surface area contributed by atoms with Crippen molar-refractivity contribution in [1.29, 1.82) is 0 Å². The molecular weight excluding hydrogens is 536 g/mol. The monoisotopic (exact) mass is 556 g/mol. The van der Waals surface area contributed by atoms with Crippen molar-refractivity contribution >= 4 is 47.8 Å². The second kappa shape index (κ2) is 9.05. The number of nitrogens with zero attached hydrogens (tertiary/aromatic N) is 2. The van der Waals surface area contributed by atoms with Crippen molar-refractivity contribution in [2.75, 3.05) is 26.2 Å². The number of rotatable bonds is 4. The molecule has 2 aromatic rings. The van der Waals surface area contributed by atoms with Gasteiger partial charge in [0, 0.05) is 41.2 Å². The molecule has 2 saturated heterocycles. The largest absolute Gasteiger partial charge is 0.339 e. The minimum atomic E-state index is -3.55. The Bertz CT molecular complexity index is 1010. The highest BCUT2D eigenvalue weighted by Crippen LogP contribution is 2.25. The second-order valence-electron chi connectivity index (χ2n) is 7.36. The van der Waals surface area contributed by atoms with Crippen LogP contribution in [0.25, 0.3) is 0 Å². The van der Waals surface area contributed by atoms with E-state index in [-0.39, 0.29) is 22.9 Å². The lowest BCUT2D eigenvalue weighted by atomic mass is 10.0. The fourth-order valence-electron chi connectivity index (χ4n) is 3.76. The van der Waals surface area contributed by atoms with E-state index in [1.807, 2.05) is 24.3 Å². The van der Waals surface area contributed by atoms with Crippen molar-refractivity contribution in [2.45, 2.75) is 23.4 Å². The molecule has 7 nitrogen and oxygen atoms in total. The van der Waals surface area contributed by atoms with Crippen LogP contribution in [0.1, 0.15) is 18.0 Å². The normalized spacial score (nSPS) is 22.9. The van der Waals surface area contributed by atoms with Crippen molar-refractivity contribution in [3.63, 3.8) is 0 Å². The summed E-state index contributed by atoms with van der Waals surface area (Å²) in [7, 11) is -3.55. The first kappa shape index (κ1) is 21.9. The van der Waals surface area contributed by atoms with E-state index in [2.05, 4.69) is 42.7 Å². The highest BCUT2D eigenvalue weighted by molar-refractivity contribution is 9.10. The van der Waals surface area contributed by atoms with Crippen LogP contribution in [-0.4, -0.2) is 55.8 Å². The summed E-state index contributed by atoms with van der Waals surface area (Å²) in [6.07, 6.45) is 0.651. The second-order valence-corrected chi connectivity index (χ2v) is 11.1. The standard InChI is InChI=1S/C20H22Br2N4O3S/c21-15-3-1-14(2-4-15)18-13-19(24-23-18)20(27)25-9-11-26(12-10-25)30(28,29)17-7-5-16(22)6-8-17/h1-8,18-19,23-24H,9-13H2. The average molecular weight is 558 g/mol. The summed E-state index contributed by atoms with van der Waals surface area (Å²) in [5.41, 5.74) is 7.42. The number of sulfonamides is 1. The first-order valence-corrected chi connectivity index (χ1v) is 12.7. The Kier molecular flexibility index (Phi) is 6.61. The number of hydrogen-bond donors (Lipinski definition) is 2. The molecule has 2 fully saturated rings. The minimum Gasteiger partial charge on any atom is -0.339 e. The lowest BCUT2D eigenvalue weighted by molar-refractivity contribution is -0.134. The van der Waals surface area contributed by atoms with E-state index in [0.717, 1.165) is 14.5 Å². The van der Waals surface area contributed by atoms with Gasteiger partial charge >= 0.3 is 0 Å². The van der Waals surface area contributed by atoms with E-state index in [1.54, 1.807) is 29.2 Å². The summed E-state index contributed by atoms with van der Waals surface area (Å²) >= 11 is 6.75. The zero-order chi connectivity index (χ0) is 21.3. The van der Waals surface area contributed by atoms with Gasteiger partial charge in [0.2, 0.25) is 15.9 Å². The average Bonchev–Trinajstić information content (AvgIpc) is 3.24. The summed E-state index contributed by atoms with van der Waals surface area (Å²) in [6.45, 7) is 1.35. The van der Waals surface area contributed by atoms with Gasteiger partial charge in [-0.1, -0.05) is 44.0 Å². The number of hydrazine groups is 1. The number of piperazine rings is 1. The maximum atomic E-state index is 12.9. The zero-order valence-electron chi connectivity index (χ0n) is 16.1. The molecule has 0 radical (unpaired) electrons. The molecule has 4 rings (SSSR count). The van der Waals surface area contributed by atoms with Gasteiger partial charge in [0.25, 0.3) is 0 Å². The zero-order valence-corrected chi connectivity index (χ0v) is 20.1. The van der Waals surface area contributed by atoms with E-state index < -0.39 is 10.0 Å². The lowest BCUT2D eigenvalue weighted by Gasteiger charge is -2.35. The Hall–Kier alpha value is -1.30. The van der Waals surface area contributed by atoms with Gasteiger partial charge in [0.15, 0.2) is 0 Å². The van der Waals surface area contributed by atoms with Crippen LogP contribution in [0.15, 0.2) is 62.4 Å². The Balaban J connectivity index is 1.34. The van der Waals surface area contributed by atoms with Crippen LogP contribution in [0.5, 0.6) is 0 Å². The number of halogens is 2. The molecule has 0 bridgehead atoms. The Morgan fingerprint density at radius 1 is 0.867 bits per heavy atom. The lowest BCUT2D eigenvalue weighted by Crippen LogP contribution is -2.54. The highest BCUT2D eigenvalue weighted by Gasteiger charge is 2.36. The Morgan fingerprint density at radius 3 is 2.03 bits per heavy atom. The quantitative estimate of drug-likeness (QED) is 0.604. The van der Waals surface area contributed by atoms with Gasteiger partial charge in [-0.2, -0.15) is 4.31 Å². The van der Waals surface area contributed by atoms with Crippen molar-refractivity contribution in [3.8, 4) is 0 Å². The number of benzene rings is 2. The minimum absolute atomic E-state index is 0.00259. The van der Waals surface area contributed by atoms with Crippen LogP contribution >= 0.6 is 31.9 Å². The molecule has 160 valence electrons. The van der Waals surface area contributed by atoms with Gasteiger partial charge in [-0.05, 0) is 48.4 Å². The molecule has 1 amide bonds. The van der Waals surface area contributed by atoms with Crippen LogP contribution in [0.4, 0.5) is 0 Å². The van der Waals surface area contributed by atoms with Crippen LogP contribution in [-0.2, 0) is 14.8 Å². The predicted molar refractivity (Wildman–Crippen MR) is 121 cm³/mol. The molecule has 0 saturated carbocycles. The molecule has 30 heavy (non-hydrogen) atoms. The summed E-state index contributed by atoms with van der Waals surface area (Å²) in [4.78, 5) is 15.0. The molecule has 10 heteroatoms. The third kappa shape index (κ3) is 4.63. The molecule has 2 unspecified atom stereocenters. The molecule has 2 aliphatic heterocycles. The third-order valence-corrected chi connectivity index (χ3v) is 8.45. The van der Waals surface area contributed by atoms with Gasteiger partial charge in [-0.15, -0.1) is 0 Å². The molecule has 2 aromatic carbocycles. The molecule has 0 aliphatic carbocycles. The number of carbonyl (C=O) groups is 1. The van der Waals surface area contributed by atoms with E-state index in [0.29, 0.717) is 32.6 Å². The van der Waals surface area contributed by atoms with Gasteiger partial charge in [0.05, 0.1) is 4.90 Å². The van der Waals surface area contributed by atoms with Crippen molar-refractivity contribution < 1.29 is 13.2 Å². The van der Waals surface area contributed by atoms with E-state index in [9.17, 15) is 13.2 Å². The molecule has 0 aromatic heterocycles. The molecule has 2 N–H and O–H groups in total. The van der Waals surface area contributed by atoms with Crippen LogP contribution in [0, 0.1) is 0 Å². The van der Waals surface area contributed by atoms with E-state index in [4.69, 9.17) is 0 Å². The summed E-state index contributed by atoms with van der Waals surface area (Å²) in [5.74, 6) is 0.00259. The number of amides is 1. The maximum Gasteiger partial charge on any atom is 0.243 e. The summed E-state index contributed by atoms with van der Waals surface area (Å²) < 4.78 is 29.0. The topological polar surface area (TPSA) is 81.8 Å². The van der Waals surface area contributed by atoms with Gasteiger partial charge in [-0.3, -0.25) is 4.79 Å². The van der Waals surface area contributed by atoms with Crippen LogP contribution in [0.3, 0.4) is 0 Å². The van der Waals surface area contributed by atoms with E-state index >= 15 is 0 Å². The molecule has 2 heterocycles. The number of nitrogens with one attached hydrogen (secondary N) is 2. The Morgan fingerprint density at radius 2 is 1.43 bits per heavy atom. The smallest absolute Gasteiger partial charge is 0.243 e. The summed E-state index contributed by atoms with van der Waals surface area (Å²) in [5, 5.41) is 0. The predicted octanol–water partition coefficient (Wildman–Crippen LogP) is 2.65. The van der Waals surface area contributed by atoms with Crippen molar-refractivity contribution in [3.05, 3.63) is 63.0 Å². The number of hydrogen-bond acceptors (Lipinski definition) is 5. The van der Waals surface area contributed by atoms with Gasteiger partial charge in [-0.25, -0.2) is 19.3 Å². The van der Waals surface area contributed by atoms with Gasteiger partial charge < -0.3 is 4.90 Å². The Labute approximate surface area is 193 Å². The highest BCUT2D eigenvalue weighted by atomic mass is 79.9. The molecule has 0 spiro atoms.